The van der Waals surface area contributed by atoms with Gasteiger partial charge in [0, 0.05) is 6.42 Å². The van der Waals surface area contributed by atoms with Crippen molar-refractivity contribution in [3.05, 3.63) is 30.1 Å². The molecule has 2 aromatic rings. The molecule has 1 N–H and O–H groups in total. The molecule has 1 saturated heterocycles. The Morgan fingerprint density at radius 2 is 1.93 bits per heavy atom. The normalized spacial score (nSPS) is 19.9. The summed E-state index contributed by atoms with van der Waals surface area (Å²) in [5.74, 6) is 2.07. The largest absolute Gasteiger partial charge is 0.495 e. The van der Waals surface area contributed by atoms with Crippen LogP contribution in [0.2, 0.25) is 0 Å². The fraction of sp³-hybridized carbons (Fsp3) is 0.667. The first-order chi connectivity index (χ1) is 13.8. The van der Waals surface area contributed by atoms with Gasteiger partial charge < -0.3 is 14.5 Å². The third kappa shape index (κ3) is 3.85. The number of quaternary nitrogens is 1. The molecule has 1 aromatic heterocycles. The van der Waals surface area contributed by atoms with Gasteiger partial charge in [0.15, 0.2) is 0 Å². The van der Waals surface area contributed by atoms with Gasteiger partial charge in [0.1, 0.15) is 11.8 Å². The highest BCUT2D eigenvalue weighted by Crippen LogP contribution is 2.31. The average molecular weight is 386 g/mol. The van der Waals surface area contributed by atoms with E-state index >= 15 is 0 Å². The van der Waals surface area contributed by atoms with Crippen LogP contribution in [0.3, 0.4) is 0 Å². The molecule has 0 amide bonds. The zero-order valence-corrected chi connectivity index (χ0v) is 17.2. The lowest BCUT2D eigenvalue weighted by molar-refractivity contribution is -0.933. The predicted molar refractivity (Wildman–Crippen MR) is 109 cm³/mol. The van der Waals surface area contributed by atoms with Gasteiger partial charge in [-0.1, -0.05) is 38.3 Å². The number of piperazine rings is 1. The van der Waals surface area contributed by atoms with Crippen molar-refractivity contribution in [2.24, 2.45) is 0 Å². The summed E-state index contributed by atoms with van der Waals surface area (Å²) in [4.78, 5) is 4.06. The summed E-state index contributed by atoms with van der Waals surface area (Å²) in [6, 6.07) is 9.22. The van der Waals surface area contributed by atoms with Gasteiger partial charge in [0.2, 0.25) is 5.82 Å². The van der Waals surface area contributed by atoms with Crippen molar-refractivity contribution in [1.82, 2.24) is 20.2 Å². The van der Waals surface area contributed by atoms with Gasteiger partial charge in [-0.05, 0) is 35.4 Å². The first-order valence-corrected chi connectivity index (χ1v) is 10.8. The summed E-state index contributed by atoms with van der Waals surface area (Å²) < 4.78 is 7.72. The number of anilines is 1. The highest BCUT2D eigenvalue weighted by atomic mass is 16.5. The van der Waals surface area contributed by atoms with Gasteiger partial charge in [-0.2, -0.15) is 0 Å². The number of tetrazole rings is 1. The molecule has 0 unspecified atom stereocenters. The van der Waals surface area contributed by atoms with Crippen LogP contribution in [0.5, 0.6) is 5.75 Å². The Morgan fingerprint density at radius 3 is 2.64 bits per heavy atom. The number of hydrogen-bond acceptors (Lipinski definition) is 5. The van der Waals surface area contributed by atoms with Crippen molar-refractivity contribution in [2.45, 2.75) is 57.5 Å². The number of benzene rings is 1. The molecule has 1 aromatic carbocycles. The Kier molecular flexibility index (Phi) is 6.10. The lowest BCUT2D eigenvalue weighted by Crippen LogP contribution is -3.15. The summed E-state index contributed by atoms with van der Waals surface area (Å²) in [5, 5.41) is 13.0. The van der Waals surface area contributed by atoms with Crippen molar-refractivity contribution < 1.29 is 9.64 Å². The molecule has 28 heavy (non-hydrogen) atoms. The zero-order valence-electron chi connectivity index (χ0n) is 17.2. The molecule has 0 spiro atoms. The van der Waals surface area contributed by atoms with Crippen LogP contribution in [0, 0.1) is 0 Å². The number of nitrogens with one attached hydrogen (secondary N) is 1. The second-order valence-corrected chi connectivity index (χ2v) is 8.08. The highest BCUT2D eigenvalue weighted by molar-refractivity contribution is 5.58. The Labute approximate surface area is 167 Å². The van der Waals surface area contributed by atoms with Crippen molar-refractivity contribution in [2.75, 3.05) is 38.2 Å². The van der Waals surface area contributed by atoms with E-state index in [1.165, 1.54) is 31.4 Å². The number of aromatic nitrogens is 4. The van der Waals surface area contributed by atoms with Crippen LogP contribution in [-0.2, 0) is 0 Å². The van der Waals surface area contributed by atoms with Gasteiger partial charge in [-0.25, -0.2) is 4.68 Å². The topological polar surface area (TPSA) is 60.5 Å². The number of ether oxygens (including phenoxy) is 1. The molecule has 2 fully saturated rings. The standard InChI is InChI=1S/C21H32N6O/c1-3-8-19(21-22-23-24-27(21)17-9-4-5-10-17)26-15-13-25(14-16-26)18-11-6-7-12-20(18)28-2/h6-7,11-12,17,19H,3-5,8-10,13-16H2,1-2H3/p+1/t19-/m0/s1. The molecule has 1 aliphatic carbocycles. The molecule has 2 heterocycles. The van der Waals surface area contributed by atoms with E-state index in [0.29, 0.717) is 12.1 Å². The quantitative estimate of drug-likeness (QED) is 0.790. The number of para-hydroxylation sites is 2. The molecule has 152 valence electrons. The van der Waals surface area contributed by atoms with E-state index in [-0.39, 0.29) is 0 Å². The van der Waals surface area contributed by atoms with Crippen LogP contribution >= 0.6 is 0 Å². The van der Waals surface area contributed by atoms with Gasteiger partial charge in [0.05, 0.1) is 45.0 Å². The Bertz CT molecular complexity index is 749. The lowest BCUT2D eigenvalue weighted by atomic mass is 10.1. The van der Waals surface area contributed by atoms with Crippen LogP contribution in [-0.4, -0.2) is 53.5 Å². The van der Waals surface area contributed by atoms with Crippen LogP contribution in [0.4, 0.5) is 5.69 Å². The molecule has 0 bridgehead atoms. The average Bonchev–Trinajstić information content (AvgIpc) is 3.44. The fourth-order valence-electron chi connectivity index (χ4n) is 4.92. The molecule has 7 nitrogen and oxygen atoms in total. The van der Waals surface area contributed by atoms with Gasteiger partial charge >= 0.3 is 0 Å². The molecular formula is C21H33N6O+. The number of nitrogens with zero attached hydrogens (tertiary/aromatic N) is 5. The molecular weight excluding hydrogens is 352 g/mol. The molecule has 4 rings (SSSR count). The Hall–Kier alpha value is -2.15. The molecule has 1 aliphatic heterocycles. The number of hydrogen-bond donors (Lipinski definition) is 1. The van der Waals surface area contributed by atoms with E-state index in [4.69, 9.17) is 4.74 Å². The maximum Gasteiger partial charge on any atom is 0.209 e. The second kappa shape index (κ2) is 8.90. The smallest absolute Gasteiger partial charge is 0.209 e. The van der Waals surface area contributed by atoms with Crippen LogP contribution in [0.15, 0.2) is 24.3 Å². The summed E-state index contributed by atoms with van der Waals surface area (Å²) in [7, 11) is 1.75. The predicted octanol–water partition coefficient (Wildman–Crippen LogP) is 2.04. The lowest BCUT2D eigenvalue weighted by Gasteiger charge is -2.37. The van der Waals surface area contributed by atoms with E-state index in [2.05, 4.69) is 44.2 Å². The summed E-state index contributed by atoms with van der Waals surface area (Å²) in [6.07, 6.45) is 7.32. The SMILES string of the molecule is CCC[C@@H](c1nnnn1C1CCCC1)[NH+]1CCN(c2ccccc2OC)CC1. The second-order valence-electron chi connectivity index (χ2n) is 8.08. The first-order valence-electron chi connectivity index (χ1n) is 10.8. The maximum absolute atomic E-state index is 5.56. The Morgan fingerprint density at radius 1 is 1.18 bits per heavy atom. The van der Waals surface area contributed by atoms with E-state index < -0.39 is 0 Å². The maximum atomic E-state index is 5.56. The first kappa shape index (κ1) is 19.2. The Balaban J connectivity index is 1.48. The van der Waals surface area contributed by atoms with Crippen molar-refractivity contribution >= 4 is 5.69 Å². The molecule has 7 heteroatoms. The minimum absolute atomic E-state index is 0.389. The summed E-state index contributed by atoms with van der Waals surface area (Å²) in [5.41, 5.74) is 1.20. The third-order valence-electron chi connectivity index (χ3n) is 6.40. The van der Waals surface area contributed by atoms with Crippen LogP contribution in [0.25, 0.3) is 0 Å². The molecule has 2 aliphatic rings. The molecule has 0 radical (unpaired) electrons. The van der Waals surface area contributed by atoms with Gasteiger partial charge in [-0.3, -0.25) is 0 Å². The van der Waals surface area contributed by atoms with Crippen LogP contribution < -0.4 is 14.5 Å². The van der Waals surface area contributed by atoms with E-state index in [1.54, 1.807) is 12.0 Å². The number of methoxy groups -OCH3 is 1. The highest BCUT2D eigenvalue weighted by Gasteiger charge is 2.34. The summed E-state index contributed by atoms with van der Waals surface area (Å²) in [6.45, 7) is 6.52. The minimum atomic E-state index is 0.389. The van der Waals surface area contributed by atoms with Crippen molar-refractivity contribution in [1.29, 1.82) is 0 Å². The molecule has 1 saturated carbocycles. The molecule has 1 atom stereocenters. The van der Waals surface area contributed by atoms with Gasteiger partial charge in [0.25, 0.3) is 0 Å². The summed E-state index contributed by atoms with van der Waals surface area (Å²) >= 11 is 0. The van der Waals surface area contributed by atoms with Gasteiger partial charge in [-0.15, -0.1) is 5.10 Å². The van der Waals surface area contributed by atoms with E-state index in [1.807, 2.05) is 12.1 Å². The van der Waals surface area contributed by atoms with Crippen LogP contribution in [0.1, 0.15) is 63.4 Å². The minimum Gasteiger partial charge on any atom is -0.495 e. The third-order valence-corrected chi connectivity index (χ3v) is 6.40. The fourth-order valence-corrected chi connectivity index (χ4v) is 4.92. The monoisotopic (exact) mass is 385 g/mol. The van der Waals surface area contributed by atoms with Crippen molar-refractivity contribution in [3.63, 3.8) is 0 Å². The zero-order chi connectivity index (χ0) is 19.3. The van der Waals surface area contributed by atoms with E-state index in [9.17, 15) is 0 Å². The number of rotatable bonds is 7. The van der Waals surface area contributed by atoms with Crippen molar-refractivity contribution in [3.8, 4) is 5.75 Å². The van der Waals surface area contributed by atoms with E-state index in [0.717, 1.165) is 50.6 Å².